The molecule has 0 N–H and O–H groups in total. The standard InChI is InChI=1S/C58H46N2/c1-57(2)50-29-17-15-27-45(50)46-33-36-54-55(56(46)57)47-28-16-18-30-51(47)58(54)52-34-31-43(59(39-19-7-3-8-20-39)40-21-9-4-10-22-40)37-48(52)49-38-44(32-35-53(49)58)60(41-23-11-5-12-24-41)42-25-13-6-14-26-42/h3-32,34-35,37-38,46,56H,33,36H2,1-2H3. The zero-order chi connectivity index (χ0) is 40.0. The van der Waals surface area contributed by atoms with Crippen LogP contribution in [-0.4, -0.2) is 0 Å². The average Bonchev–Trinajstić information content (AvgIpc) is 3.86. The van der Waals surface area contributed by atoms with Gasteiger partial charge in [-0.25, -0.2) is 0 Å². The third kappa shape index (κ3) is 4.88. The zero-order valence-corrected chi connectivity index (χ0v) is 34.1. The Balaban J connectivity index is 1.14. The van der Waals surface area contributed by atoms with Crippen molar-refractivity contribution in [3.8, 4) is 11.1 Å². The minimum atomic E-state index is -0.391. The molecule has 2 heteroatoms. The number of allylic oxidation sites excluding steroid dienone is 2. The quantitative estimate of drug-likeness (QED) is 0.166. The summed E-state index contributed by atoms with van der Waals surface area (Å²) in [5.41, 5.74) is 21.1. The minimum Gasteiger partial charge on any atom is -0.310 e. The Bertz CT molecular complexity index is 2750. The van der Waals surface area contributed by atoms with Gasteiger partial charge in [0.2, 0.25) is 0 Å². The second kappa shape index (κ2) is 13.3. The monoisotopic (exact) mass is 770 g/mol. The second-order valence-corrected chi connectivity index (χ2v) is 17.6. The number of hydrogen-bond acceptors (Lipinski definition) is 2. The van der Waals surface area contributed by atoms with Crippen LogP contribution in [0.15, 0.2) is 212 Å². The van der Waals surface area contributed by atoms with Gasteiger partial charge in [-0.2, -0.15) is 0 Å². The normalized spacial score (nSPS) is 18.2. The predicted octanol–water partition coefficient (Wildman–Crippen LogP) is 15.2. The summed E-state index contributed by atoms with van der Waals surface area (Å²) in [6, 6.07) is 76.8. The van der Waals surface area contributed by atoms with Gasteiger partial charge in [-0.1, -0.05) is 147 Å². The van der Waals surface area contributed by atoms with E-state index in [0.29, 0.717) is 11.8 Å². The average molecular weight is 771 g/mol. The summed E-state index contributed by atoms with van der Waals surface area (Å²) in [5.74, 6) is 0.919. The van der Waals surface area contributed by atoms with Crippen LogP contribution < -0.4 is 9.80 Å². The molecule has 4 aliphatic carbocycles. The molecule has 8 aromatic carbocycles. The summed E-state index contributed by atoms with van der Waals surface area (Å²) in [6.45, 7) is 5.03. The van der Waals surface area contributed by atoms with E-state index in [-0.39, 0.29) is 5.41 Å². The fourth-order valence-corrected chi connectivity index (χ4v) is 12.1. The predicted molar refractivity (Wildman–Crippen MR) is 249 cm³/mol. The third-order valence-electron chi connectivity index (χ3n) is 14.3. The maximum absolute atomic E-state index is 2.51. The van der Waals surface area contributed by atoms with E-state index in [9.17, 15) is 0 Å². The lowest BCUT2D eigenvalue weighted by Gasteiger charge is -2.40. The summed E-state index contributed by atoms with van der Waals surface area (Å²) in [6.07, 6.45) is 2.23. The van der Waals surface area contributed by atoms with Crippen molar-refractivity contribution in [2.75, 3.05) is 9.80 Å². The van der Waals surface area contributed by atoms with Gasteiger partial charge < -0.3 is 9.80 Å². The lowest BCUT2D eigenvalue weighted by Crippen LogP contribution is -2.32. The molecule has 0 radical (unpaired) electrons. The van der Waals surface area contributed by atoms with Crippen LogP contribution >= 0.6 is 0 Å². The molecule has 0 fully saturated rings. The van der Waals surface area contributed by atoms with Crippen LogP contribution in [0.25, 0.3) is 16.7 Å². The van der Waals surface area contributed by atoms with E-state index >= 15 is 0 Å². The van der Waals surface area contributed by atoms with E-state index in [4.69, 9.17) is 0 Å². The highest BCUT2D eigenvalue weighted by Crippen LogP contribution is 2.70. The highest BCUT2D eigenvalue weighted by atomic mass is 15.1. The molecular weight excluding hydrogens is 725 g/mol. The van der Waals surface area contributed by atoms with Crippen LogP contribution in [0.2, 0.25) is 0 Å². The SMILES string of the molecule is CC1(C)c2ccccc2C2CCC3=C(c4ccccc4C34c3ccc(N(c5ccccc5)c5ccccc5)cc3-c3cc(N(c5ccccc5)c5ccccc5)ccc34)C21. The summed E-state index contributed by atoms with van der Waals surface area (Å²) in [5, 5.41) is 0. The fraction of sp³-hybridized carbons (Fsp3) is 0.138. The summed E-state index contributed by atoms with van der Waals surface area (Å²) in [7, 11) is 0. The lowest BCUT2D eigenvalue weighted by atomic mass is 9.62. The molecule has 0 aromatic heterocycles. The molecule has 0 bridgehead atoms. The van der Waals surface area contributed by atoms with E-state index in [1.807, 2.05) is 0 Å². The van der Waals surface area contributed by atoms with Gasteiger partial charge in [-0.15, -0.1) is 0 Å². The number of rotatable bonds is 6. The van der Waals surface area contributed by atoms with Gasteiger partial charge in [0.25, 0.3) is 0 Å². The maximum atomic E-state index is 2.51. The first kappa shape index (κ1) is 35.1. The number of fused-ring (bicyclic) bond motifs is 13. The van der Waals surface area contributed by atoms with E-state index in [2.05, 4.69) is 230 Å². The van der Waals surface area contributed by atoms with Gasteiger partial charge in [-0.05, 0) is 153 Å². The molecule has 0 saturated heterocycles. The van der Waals surface area contributed by atoms with E-state index in [0.717, 1.165) is 47.0 Å². The van der Waals surface area contributed by atoms with Crippen LogP contribution in [0.4, 0.5) is 34.1 Å². The van der Waals surface area contributed by atoms with Crippen molar-refractivity contribution in [2.45, 2.75) is 43.4 Å². The largest absolute Gasteiger partial charge is 0.310 e. The number of benzene rings is 8. The number of para-hydroxylation sites is 4. The molecular formula is C58H46N2. The van der Waals surface area contributed by atoms with Crippen LogP contribution in [0.5, 0.6) is 0 Å². The molecule has 0 aliphatic heterocycles. The fourth-order valence-electron chi connectivity index (χ4n) is 12.1. The van der Waals surface area contributed by atoms with Crippen LogP contribution in [0.1, 0.15) is 66.0 Å². The summed E-state index contributed by atoms with van der Waals surface area (Å²) < 4.78 is 0. The third-order valence-corrected chi connectivity index (χ3v) is 14.3. The highest BCUT2D eigenvalue weighted by Gasteiger charge is 2.59. The Kier molecular flexibility index (Phi) is 7.78. The number of hydrogen-bond donors (Lipinski definition) is 0. The first-order chi connectivity index (χ1) is 29.5. The topological polar surface area (TPSA) is 6.48 Å². The molecule has 8 aromatic rings. The van der Waals surface area contributed by atoms with Gasteiger partial charge in [0.15, 0.2) is 0 Å². The molecule has 2 atom stereocenters. The lowest BCUT2D eigenvalue weighted by molar-refractivity contribution is 0.353. The Labute approximate surface area is 353 Å². The molecule has 1 spiro atoms. The van der Waals surface area contributed by atoms with Crippen molar-refractivity contribution >= 4 is 39.7 Å². The van der Waals surface area contributed by atoms with Gasteiger partial charge in [0.1, 0.15) is 0 Å². The van der Waals surface area contributed by atoms with Crippen molar-refractivity contribution in [3.63, 3.8) is 0 Å². The Morgan fingerprint density at radius 3 is 1.32 bits per heavy atom. The molecule has 0 saturated carbocycles. The highest BCUT2D eigenvalue weighted by molar-refractivity contribution is 5.98. The smallest absolute Gasteiger partial charge is 0.0685 e. The van der Waals surface area contributed by atoms with Crippen LogP contribution in [-0.2, 0) is 10.8 Å². The van der Waals surface area contributed by atoms with Gasteiger partial charge in [0.05, 0.1) is 5.41 Å². The Hall–Kier alpha value is -6.90. The molecule has 0 amide bonds. The van der Waals surface area contributed by atoms with Gasteiger partial charge in [0, 0.05) is 40.0 Å². The minimum absolute atomic E-state index is 0.0105. The van der Waals surface area contributed by atoms with E-state index in [1.165, 1.54) is 38.9 Å². The number of nitrogens with zero attached hydrogens (tertiary/aromatic N) is 2. The second-order valence-electron chi connectivity index (χ2n) is 17.6. The zero-order valence-electron chi connectivity index (χ0n) is 34.1. The van der Waals surface area contributed by atoms with Crippen molar-refractivity contribution in [1.29, 1.82) is 0 Å². The molecule has 2 nitrogen and oxygen atoms in total. The number of anilines is 6. The molecule has 2 unspecified atom stereocenters. The van der Waals surface area contributed by atoms with Crippen LogP contribution in [0.3, 0.4) is 0 Å². The van der Waals surface area contributed by atoms with Crippen molar-refractivity contribution in [1.82, 2.24) is 0 Å². The van der Waals surface area contributed by atoms with E-state index in [1.54, 1.807) is 16.7 Å². The molecule has 12 rings (SSSR count). The van der Waals surface area contributed by atoms with Crippen molar-refractivity contribution < 1.29 is 0 Å². The van der Waals surface area contributed by atoms with Crippen molar-refractivity contribution in [2.24, 2.45) is 5.92 Å². The molecule has 4 aliphatic rings. The van der Waals surface area contributed by atoms with Gasteiger partial charge >= 0.3 is 0 Å². The Morgan fingerprint density at radius 1 is 0.400 bits per heavy atom. The van der Waals surface area contributed by atoms with E-state index < -0.39 is 5.41 Å². The summed E-state index contributed by atoms with van der Waals surface area (Å²) in [4.78, 5) is 4.82. The molecule has 288 valence electrons. The van der Waals surface area contributed by atoms with Crippen molar-refractivity contribution in [3.05, 3.63) is 245 Å². The maximum Gasteiger partial charge on any atom is 0.0685 e. The first-order valence-corrected chi connectivity index (χ1v) is 21.6. The first-order valence-electron chi connectivity index (χ1n) is 21.6. The van der Waals surface area contributed by atoms with Crippen LogP contribution in [0, 0.1) is 5.92 Å². The Morgan fingerprint density at radius 2 is 0.817 bits per heavy atom. The molecule has 60 heavy (non-hydrogen) atoms. The summed E-state index contributed by atoms with van der Waals surface area (Å²) >= 11 is 0. The van der Waals surface area contributed by atoms with Gasteiger partial charge in [-0.3, -0.25) is 0 Å². The molecule has 0 heterocycles.